The van der Waals surface area contributed by atoms with Crippen LogP contribution in [0.15, 0.2) is 52.4 Å². The topological polar surface area (TPSA) is 70.6 Å². The number of aryl methyl sites for hydroxylation is 2. The van der Waals surface area contributed by atoms with Crippen LogP contribution >= 0.6 is 0 Å². The highest BCUT2D eigenvalue weighted by Gasteiger charge is 2.28. The van der Waals surface area contributed by atoms with E-state index in [1.165, 1.54) is 0 Å². The second-order valence-corrected chi connectivity index (χ2v) is 7.37. The number of aliphatic imine (C=N–C) groups is 1. The molecule has 0 saturated heterocycles. The third-order valence-electron chi connectivity index (χ3n) is 3.78. The molecule has 0 spiro atoms. The summed E-state index contributed by atoms with van der Waals surface area (Å²) >= 11 is 0. The van der Waals surface area contributed by atoms with Crippen molar-refractivity contribution in [1.29, 1.82) is 0 Å². The van der Waals surface area contributed by atoms with Gasteiger partial charge in [0, 0.05) is 0 Å². The van der Waals surface area contributed by atoms with E-state index in [1.54, 1.807) is 6.92 Å². The first-order chi connectivity index (χ1) is 10.9. The third kappa shape index (κ3) is 3.07. The largest absolute Gasteiger partial charge is 0.324 e. The molecule has 2 aromatic rings. The average Bonchev–Trinajstić information content (AvgIpc) is 2.45. The summed E-state index contributed by atoms with van der Waals surface area (Å²) in [6.07, 6.45) is 0. The van der Waals surface area contributed by atoms with Crippen molar-refractivity contribution >= 4 is 21.7 Å². The highest BCUT2D eigenvalue weighted by Crippen LogP contribution is 2.30. The van der Waals surface area contributed by atoms with E-state index >= 15 is 0 Å². The summed E-state index contributed by atoms with van der Waals surface area (Å²) in [4.78, 5) is 4.76. The zero-order valence-electron chi connectivity index (χ0n) is 13.3. The molecule has 3 rings (SSSR count). The van der Waals surface area contributed by atoms with Crippen molar-refractivity contribution in [2.24, 2.45) is 4.99 Å². The molecular formula is C17H19N3O2S. The smallest absolute Gasteiger partial charge is 0.266 e. The first-order valence-electron chi connectivity index (χ1n) is 7.40. The molecule has 0 aromatic heterocycles. The van der Waals surface area contributed by atoms with E-state index in [0.29, 0.717) is 5.69 Å². The van der Waals surface area contributed by atoms with Crippen LogP contribution in [-0.2, 0) is 10.0 Å². The average molecular weight is 329 g/mol. The van der Waals surface area contributed by atoms with Crippen molar-refractivity contribution in [3.8, 4) is 0 Å². The van der Waals surface area contributed by atoms with Crippen LogP contribution in [0, 0.1) is 13.8 Å². The van der Waals surface area contributed by atoms with Crippen molar-refractivity contribution in [3.63, 3.8) is 0 Å². The molecule has 1 heterocycles. The van der Waals surface area contributed by atoms with E-state index in [0.717, 1.165) is 16.7 Å². The molecule has 1 atom stereocenters. The monoisotopic (exact) mass is 329 g/mol. The molecule has 2 N–H and O–H groups in total. The Morgan fingerprint density at radius 2 is 1.78 bits per heavy atom. The zero-order valence-corrected chi connectivity index (χ0v) is 14.1. The van der Waals surface area contributed by atoms with Gasteiger partial charge in [0.1, 0.15) is 4.90 Å². The van der Waals surface area contributed by atoms with Gasteiger partial charge in [0.25, 0.3) is 10.0 Å². The first-order valence-corrected chi connectivity index (χ1v) is 8.89. The van der Waals surface area contributed by atoms with E-state index in [2.05, 4.69) is 15.0 Å². The second-order valence-electron chi connectivity index (χ2n) is 5.75. The van der Waals surface area contributed by atoms with Crippen LogP contribution < -0.4 is 10.0 Å². The normalized spacial score (nSPS) is 18.7. The Balaban J connectivity index is 2.00. The molecule has 6 heteroatoms. The van der Waals surface area contributed by atoms with Crippen LogP contribution in [0.5, 0.6) is 0 Å². The number of fused-ring (bicyclic) bond motifs is 1. The van der Waals surface area contributed by atoms with Crippen molar-refractivity contribution in [3.05, 3.63) is 59.2 Å². The Kier molecular flexibility index (Phi) is 3.85. The van der Waals surface area contributed by atoms with Gasteiger partial charge in [-0.2, -0.15) is 0 Å². The summed E-state index contributed by atoms with van der Waals surface area (Å²) in [5, 5.41) is 3.09. The molecule has 0 aliphatic carbocycles. The highest BCUT2D eigenvalue weighted by molar-refractivity contribution is 7.90. The molecule has 1 aliphatic rings. The van der Waals surface area contributed by atoms with E-state index < -0.39 is 10.0 Å². The minimum absolute atomic E-state index is 0.158. The maximum absolute atomic E-state index is 12.5. The van der Waals surface area contributed by atoms with Gasteiger partial charge in [-0.15, -0.1) is 0 Å². The lowest BCUT2D eigenvalue weighted by Crippen LogP contribution is -2.41. The van der Waals surface area contributed by atoms with Crippen LogP contribution in [0.4, 0.5) is 5.69 Å². The Hall–Kier alpha value is -2.34. The van der Waals surface area contributed by atoms with Crippen LogP contribution in [0.1, 0.15) is 29.7 Å². The third-order valence-corrected chi connectivity index (χ3v) is 5.32. The van der Waals surface area contributed by atoms with Gasteiger partial charge in [-0.05, 0) is 43.5 Å². The van der Waals surface area contributed by atoms with Gasteiger partial charge >= 0.3 is 0 Å². The van der Waals surface area contributed by atoms with Gasteiger partial charge in [0.05, 0.1) is 11.7 Å². The number of hydrogen-bond acceptors (Lipinski definition) is 3. The van der Waals surface area contributed by atoms with Crippen LogP contribution in [0.3, 0.4) is 0 Å². The Morgan fingerprint density at radius 1 is 1.09 bits per heavy atom. The molecule has 120 valence electrons. The van der Waals surface area contributed by atoms with E-state index in [1.807, 2.05) is 56.3 Å². The molecule has 1 aliphatic heterocycles. The summed E-state index contributed by atoms with van der Waals surface area (Å²) in [6.45, 7) is 5.66. The summed E-state index contributed by atoms with van der Waals surface area (Å²) in [5.41, 5.74) is 3.31. The number of rotatable bonds is 2. The zero-order chi connectivity index (χ0) is 16.6. The maximum atomic E-state index is 12.5. The lowest BCUT2D eigenvalue weighted by molar-refractivity contribution is 0.590. The standard InChI is InChI=1S/C17H19N3O2S/c1-11-9-12(2)16-15(10-11)19-17(20-23(16,21)22)18-13(3)14-7-5-4-6-8-14/h4-10,13H,1-3H3,(H2,18,19,20). The summed E-state index contributed by atoms with van der Waals surface area (Å²) in [7, 11) is -3.61. The predicted octanol–water partition coefficient (Wildman–Crippen LogP) is 3.12. The molecule has 0 fully saturated rings. The molecule has 1 unspecified atom stereocenters. The van der Waals surface area contributed by atoms with Gasteiger partial charge in [-0.3, -0.25) is 0 Å². The number of sulfonamides is 1. The number of anilines is 1. The SMILES string of the molecule is Cc1cc(C)c2c(c1)NC(=NC(C)c1ccccc1)NS2(=O)=O. The fraction of sp³-hybridized carbons (Fsp3) is 0.235. The number of guanidine groups is 1. The Morgan fingerprint density at radius 3 is 2.48 bits per heavy atom. The fourth-order valence-electron chi connectivity index (χ4n) is 2.79. The van der Waals surface area contributed by atoms with Crippen molar-refractivity contribution < 1.29 is 8.42 Å². The minimum Gasteiger partial charge on any atom is -0.324 e. The van der Waals surface area contributed by atoms with Crippen LogP contribution in [-0.4, -0.2) is 14.4 Å². The lowest BCUT2D eigenvalue weighted by atomic mass is 10.1. The summed E-state index contributed by atoms with van der Waals surface area (Å²) in [5.74, 6) is 0.249. The number of nitrogens with zero attached hydrogens (tertiary/aromatic N) is 1. The van der Waals surface area contributed by atoms with Crippen LogP contribution in [0.25, 0.3) is 0 Å². The van der Waals surface area contributed by atoms with Crippen LogP contribution in [0.2, 0.25) is 0 Å². The number of hydrogen-bond donors (Lipinski definition) is 2. The minimum atomic E-state index is -3.61. The Labute approximate surface area is 136 Å². The first kappa shape index (κ1) is 15.6. The van der Waals surface area contributed by atoms with Gasteiger partial charge in [-0.25, -0.2) is 18.1 Å². The predicted molar refractivity (Wildman–Crippen MR) is 92.2 cm³/mol. The number of benzene rings is 2. The van der Waals surface area contributed by atoms with Crippen molar-refractivity contribution in [2.45, 2.75) is 31.7 Å². The van der Waals surface area contributed by atoms with Gasteiger partial charge in [0.15, 0.2) is 0 Å². The van der Waals surface area contributed by atoms with E-state index in [4.69, 9.17) is 0 Å². The maximum Gasteiger partial charge on any atom is 0.266 e. The lowest BCUT2D eigenvalue weighted by Gasteiger charge is -2.24. The molecular weight excluding hydrogens is 310 g/mol. The highest BCUT2D eigenvalue weighted by atomic mass is 32.2. The molecule has 23 heavy (non-hydrogen) atoms. The summed E-state index contributed by atoms with van der Waals surface area (Å²) < 4.78 is 27.5. The van der Waals surface area contributed by atoms with Crippen molar-refractivity contribution in [2.75, 3.05) is 5.32 Å². The quantitative estimate of drug-likeness (QED) is 0.889. The molecule has 2 aromatic carbocycles. The fourth-order valence-corrected chi connectivity index (χ4v) is 4.14. The molecule has 5 nitrogen and oxygen atoms in total. The van der Waals surface area contributed by atoms with Gasteiger partial charge < -0.3 is 5.32 Å². The van der Waals surface area contributed by atoms with Gasteiger partial charge in [0.2, 0.25) is 5.96 Å². The summed E-state index contributed by atoms with van der Waals surface area (Å²) in [6, 6.07) is 13.3. The van der Waals surface area contributed by atoms with Gasteiger partial charge in [-0.1, -0.05) is 36.4 Å². The Bertz CT molecular complexity index is 874. The molecule has 0 saturated carbocycles. The molecule has 0 bridgehead atoms. The van der Waals surface area contributed by atoms with E-state index in [9.17, 15) is 8.42 Å². The molecule has 0 radical (unpaired) electrons. The molecule has 0 amide bonds. The number of nitrogens with one attached hydrogen (secondary N) is 2. The van der Waals surface area contributed by atoms with E-state index in [-0.39, 0.29) is 16.9 Å². The second kappa shape index (κ2) is 5.70. The van der Waals surface area contributed by atoms with Crippen molar-refractivity contribution in [1.82, 2.24) is 4.72 Å².